The van der Waals surface area contributed by atoms with Crippen LogP contribution in [-0.2, 0) is 21.7 Å². The van der Waals surface area contributed by atoms with Gasteiger partial charge >= 0.3 is 0 Å². The Hall–Kier alpha value is -2.16. The van der Waals surface area contributed by atoms with Gasteiger partial charge in [-0.15, -0.1) is 0 Å². The molecule has 3 aromatic rings. The number of ether oxygens (including phenoxy) is 1. The van der Waals surface area contributed by atoms with Crippen LogP contribution in [0.2, 0.25) is 5.02 Å². The van der Waals surface area contributed by atoms with Gasteiger partial charge in [0.2, 0.25) is 5.91 Å². The van der Waals surface area contributed by atoms with E-state index in [2.05, 4.69) is 4.99 Å². The SMILES string of the molecule is COc1ccc(S(=O)(=O)CCC(=O)N=c2sc3c(Cl)ccc(C)c3n2C)cc1. The van der Waals surface area contributed by atoms with Gasteiger partial charge in [-0.1, -0.05) is 29.0 Å². The Kier molecular flexibility index (Phi) is 5.92. The number of sulfone groups is 1. The van der Waals surface area contributed by atoms with Gasteiger partial charge in [0, 0.05) is 13.5 Å². The van der Waals surface area contributed by atoms with Crippen LogP contribution in [0.25, 0.3) is 10.2 Å². The molecular formula is C19H19ClN2O4S2. The van der Waals surface area contributed by atoms with E-state index in [1.54, 1.807) is 16.7 Å². The fourth-order valence-electron chi connectivity index (χ4n) is 2.80. The molecule has 28 heavy (non-hydrogen) atoms. The van der Waals surface area contributed by atoms with Crippen molar-refractivity contribution in [1.82, 2.24) is 4.57 Å². The number of hydrogen-bond donors (Lipinski definition) is 0. The highest BCUT2D eigenvalue weighted by atomic mass is 35.5. The summed E-state index contributed by atoms with van der Waals surface area (Å²) in [6.45, 7) is 1.96. The van der Waals surface area contributed by atoms with Crippen LogP contribution in [0.3, 0.4) is 0 Å². The predicted molar refractivity (Wildman–Crippen MR) is 111 cm³/mol. The Bertz CT molecular complexity index is 1210. The minimum atomic E-state index is -3.58. The molecule has 0 saturated heterocycles. The summed E-state index contributed by atoms with van der Waals surface area (Å²) >= 11 is 7.55. The van der Waals surface area contributed by atoms with Gasteiger partial charge < -0.3 is 9.30 Å². The second-order valence-electron chi connectivity index (χ2n) is 6.24. The molecule has 1 aromatic heterocycles. The van der Waals surface area contributed by atoms with Crippen molar-refractivity contribution in [1.29, 1.82) is 0 Å². The lowest BCUT2D eigenvalue weighted by Crippen LogP contribution is -2.16. The molecule has 0 saturated carbocycles. The molecule has 9 heteroatoms. The Labute approximate surface area is 172 Å². The fourth-order valence-corrected chi connectivity index (χ4v) is 5.41. The maximum atomic E-state index is 12.4. The monoisotopic (exact) mass is 438 g/mol. The van der Waals surface area contributed by atoms with E-state index in [0.717, 1.165) is 15.8 Å². The number of methoxy groups -OCH3 is 1. The van der Waals surface area contributed by atoms with Gasteiger partial charge in [-0.2, -0.15) is 4.99 Å². The van der Waals surface area contributed by atoms with Crippen molar-refractivity contribution in [3.05, 3.63) is 51.8 Å². The summed E-state index contributed by atoms with van der Waals surface area (Å²) in [4.78, 5) is 17.0. The first kappa shape index (κ1) is 20.6. The number of aromatic nitrogens is 1. The number of carbonyl (C=O) groups excluding carboxylic acids is 1. The van der Waals surface area contributed by atoms with E-state index >= 15 is 0 Å². The van der Waals surface area contributed by atoms with Crippen LogP contribution in [0.15, 0.2) is 46.3 Å². The van der Waals surface area contributed by atoms with Crippen molar-refractivity contribution in [3.8, 4) is 5.75 Å². The maximum absolute atomic E-state index is 12.4. The summed E-state index contributed by atoms with van der Waals surface area (Å²) in [5.41, 5.74) is 1.93. The second-order valence-corrected chi connectivity index (χ2v) is 9.73. The van der Waals surface area contributed by atoms with Gasteiger partial charge in [-0.05, 0) is 42.8 Å². The van der Waals surface area contributed by atoms with Crippen LogP contribution < -0.4 is 9.54 Å². The number of thiazole rings is 1. The molecule has 1 amide bonds. The lowest BCUT2D eigenvalue weighted by molar-refractivity contribution is -0.117. The van der Waals surface area contributed by atoms with Gasteiger partial charge in [-0.25, -0.2) is 8.42 Å². The first-order valence-electron chi connectivity index (χ1n) is 8.42. The lowest BCUT2D eigenvalue weighted by atomic mass is 10.2. The van der Waals surface area contributed by atoms with Crippen molar-refractivity contribution in [2.24, 2.45) is 12.0 Å². The first-order valence-corrected chi connectivity index (χ1v) is 11.3. The molecule has 0 spiro atoms. The highest BCUT2D eigenvalue weighted by Crippen LogP contribution is 2.28. The van der Waals surface area contributed by atoms with Gasteiger partial charge in [0.1, 0.15) is 5.75 Å². The maximum Gasteiger partial charge on any atom is 0.249 e. The summed E-state index contributed by atoms with van der Waals surface area (Å²) in [7, 11) is -0.267. The highest BCUT2D eigenvalue weighted by molar-refractivity contribution is 7.91. The normalized spacial score (nSPS) is 12.5. The van der Waals surface area contributed by atoms with Crippen LogP contribution in [-0.4, -0.2) is 31.8 Å². The third-order valence-corrected chi connectivity index (χ3v) is 7.65. The van der Waals surface area contributed by atoms with Gasteiger partial charge in [0.05, 0.1) is 33.0 Å². The summed E-state index contributed by atoms with van der Waals surface area (Å²) in [6, 6.07) is 9.79. The topological polar surface area (TPSA) is 77.7 Å². The van der Waals surface area contributed by atoms with Gasteiger partial charge in [0.15, 0.2) is 14.6 Å². The molecule has 1 heterocycles. The van der Waals surface area contributed by atoms with Crippen molar-refractivity contribution in [2.75, 3.05) is 12.9 Å². The third-order valence-electron chi connectivity index (χ3n) is 4.32. The number of hydrogen-bond acceptors (Lipinski definition) is 5. The molecule has 148 valence electrons. The quantitative estimate of drug-likeness (QED) is 0.610. The molecule has 0 bridgehead atoms. The van der Waals surface area contributed by atoms with E-state index in [9.17, 15) is 13.2 Å². The smallest absolute Gasteiger partial charge is 0.249 e. The molecule has 2 aromatic carbocycles. The Morgan fingerprint density at radius 1 is 1.21 bits per heavy atom. The summed E-state index contributed by atoms with van der Waals surface area (Å²) in [5.74, 6) is -0.236. The number of fused-ring (bicyclic) bond motifs is 1. The van der Waals surface area contributed by atoms with Crippen molar-refractivity contribution in [2.45, 2.75) is 18.2 Å². The molecule has 0 aliphatic rings. The molecule has 6 nitrogen and oxygen atoms in total. The van der Waals surface area contributed by atoms with E-state index in [1.165, 1.54) is 30.6 Å². The minimum absolute atomic E-state index is 0.149. The zero-order valence-electron chi connectivity index (χ0n) is 15.6. The van der Waals surface area contributed by atoms with E-state index < -0.39 is 15.7 Å². The Morgan fingerprint density at radius 3 is 2.50 bits per heavy atom. The number of amides is 1. The van der Waals surface area contributed by atoms with Crippen molar-refractivity contribution < 1.29 is 17.9 Å². The number of halogens is 1. The van der Waals surface area contributed by atoms with E-state index in [4.69, 9.17) is 16.3 Å². The number of carbonyl (C=O) groups is 1. The number of nitrogens with zero attached hydrogens (tertiary/aromatic N) is 2. The molecule has 0 aliphatic heterocycles. The predicted octanol–water partition coefficient (Wildman–Crippen LogP) is 3.50. The highest BCUT2D eigenvalue weighted by Gasteiger charge is 2.17. The zero-order chi connectivity index (χ0) is 20.5. The van der Waals surface area contributed by atoms with E-state index in [-0.39, 0.29) is 17.1 Å². The summed E-state index contributed by atoms with van der Waals surface area (Å²) in [6.07, 6.45) is -0.199. The molecule has 0 aliphatic carbocycles. The molecule has 0 unspecified atom stereocenters. The molecule has 0 fully saturated rings. The van der Waals surface area contributed by atoms with Crippen LogP contribution in [0.5, 0.6) is 5.75 Å². The summed E-state index contributed by atoms with van der Waals surface area (Å²) in [5, 5.41) is 0.595. The van der Waals surface area contributed by atoms with E-state index in [1.807, 2.05) is 26.1 Å². The van der Waals surface area contributed by atoms with Crippen LogP contribution in [0.4, 0.5) is 0 Å². The molecule has 0 N–H and O–H groups in total. The number of rotatable bonds is 5. The number of benzene rings is 2. The van der Waals surface area contributed by atoms with Gasteiger partial charge in [-0.3, -0.25) is 4.79 Å². The lowest BCUT2D eigenvalue weighted by Gasteiger charge is -2.04. The van der Waals surface area contributed by atoms with Gasteiger partial charge in [0.25, 0.3) is 0 Å². The van der Waals surface area contributed by atoms with Crippen LogP contribution in [0.1, 0.15) is 12.0 Å². The summed E-state index contributed by atoms with van der Waals surface area (Å²) < 4.78 is 32.5. The number of aryl methyl sites for hydroxylation is 2. The van der Waals surface area contributed by atoms with Crippen molar-refractivity contribution in [3.63, 3.8) is 0 Å². The molecule has 0 radical (unpaired) electrons. The standard InChI is InChI=1S/C19H19ClN2O4S2/c1-12-4-9-15(20)18-17(12)22(2)19(27-18)21-16(23)10-11-28(24,25)14-7-5-13(26-3)6-8-14/h4-9H,10-11H2,1-3H3. The van der Waals surface area contributed by atoms with Crippen LogP contribution in [0, 0.1) is 6.92 Å². The minimum Gasteiger partial charge on any atom is -0.497 e. The Balaban J connectivity index is 1.82. The molecule has 3 rings (SSSR count). The van der Waals surface area contributed by atoms with Crippen LogP contribution >= 0.6 is 22.9 Å². The molecule has 0 atom stereocenters. The first-order chi connectivity index (χ1) is 13.2. The average Bonchev–Trinajstić information content (AvgIpc) is 3.01. The second kappa shape index (κ2) is 8.06. The van der Waals surface area contributed by atoms with Crippen molar-refractivity contribution >= 4 is 48.9 Å². The third kappa shape index (κ3) is 4.14. The van der Waals surface area contributed by atoms with E-state index in [0.29, 0.717) is 15.6 Å². The Morgan fingerprint density at radius 2 is 1.89 bits per heavy atom. The molecular weight excluding hydrogens is 420 g/mol. The average molecular weight is 439 g/mol. The fraction of sp³-hybridized carbons (Fsp3) is 0.263. The zero-order valence-corrected chi connectivity index (χ0v) is 18.0. The largest absolute Gasteiger partial charge is 0.497 e.